The number of hydrogen-bond acceptors (Lipinski definition) is 2. The molecule has 1 aliphatic heterocycles. The summed E-state index contributed by atoms with van der Waals surface area (Å²) in [4.78, 5) is 4.78. The Hall–Kier alpha value is -1.06. The average molecular weight is 291 g/mol. The second kappa shape index (κ2) is 5.05. The maximum absolute atomic E-state index is 6.01. The molecule has 1 aromatic heterocycles. The fourth-order valence-electron chi connectivity index (χ4n) is 3.48. The number of alkyl halides is 1. The Morgan fingerprint density at radius 1 is 1.25 bits per heavy atom. The molecule has 4 rings (SSSR count). The zero-order chi connectivity index (χ0) is 13.5. The van der Waals surface area contributed by atoms with Crippen molar-refractivity contribution in [3.05, 3.63) is 30.1 Å². The van der Waals surface area contributed by atoms with E-state index in [0.717, 1.165) is 36.7 Å². The number of fused-ring (bicyclic) bond motifs is 1. The maximum atomic E-state index is 6.01. The number of benzene rings is 1. The number of hydrogen-bond donors (Lipinski definition) is 0. The van der Waals surface area contributed by atoms with Crippen LogP contribution < -0.4 is 0 Å². The zero-order valence-corrected chi connectivity index (χ0v) is 12.2. The van der Waals surface area contributed by atoms with E-state index >= 15 is 0 Å². The van der Waals surface area contributed by atoms with E-state index in [1.165, 1.54) is 18.4 Å². The molecule has 106 valence electrons. The number of nitrogens with zero attached hydrogens (tertiary/aromatic N) is 2. The third-order valence-electron chi connectivity index (χ3n) is 4.51. The molecule has 3 nitrogen and oxygen atoms in total. The van der Waals surface area contributed by atoms with Crippen LogP contribution >= 0.6 is 11.6 Å². The second-order valence-electron chi connectivity index (χ2n) is 5.85. The summed E-state index contributed by atoms with van der Waals surface area (Å²) in [5, 5.41) is 0. The highest BCUT2D eigenvalue weighted by molar-refractivity contribution is 6.17. The SMILES string of the molecule is ClCCc1nc2ccccc2n1C1CCOC1C1CC1. The first kappa shape index (κ1) is 12.7. The normalized spacial score (nSPS) is 26.4. The van der Waals surface area contributed by atoms with Gasteiger partial charge in [-0.1, -0.05) is 12.1 Å². The van der Waals surface area contributed by atoms with Crippen molar-refractivity contribution >= 4 is 22.6 Å². The Balaban J connectivity index is 1.81. The monoisotopic (exact) mass is 290 g/mol. The molecule has 2 fully saturated rings. The van der Waals surface area contributed by atoms with Crippen LogP contribution in [-0.4, -0.2) is 28.1 Å². The fraction of sp³-hybridized carbons (Fsp3) is 0.562. The van der Waals surface area contributed by atoms with Crippen molar-refractivity contribution in [2.24, 2.45) is 5.92 Å². The van der Waals surface area contributed by atoms with Gasteiger partial charge in [0.15, 0.2) is 0 Å². The molecular formula is C16H19ClN2O. The van der Waals surface area contributed by atoms with Gasteiger partial charge in [0.1, 0.15) is 5.82 Å². The molecule has 1 aromatic carbocycles. The van der Waals surface area contributed by atoms with Gasteiger partial charge in [-0.3, -0.25) is 0 Å². The minimum atomic E-state index is 0.377. The highest BCUT2D eigenvalue weighted by Gasteiger charge is 2.42. The van der Waals surface area contributed by atoms with E-state index in [1.54, 1.807) is 0 Å². The molecule has 2 unspecified atom stereocenters. The number of aromatic nitrogens is 2. The van der Waals surface area contributed by atoms with Crippen molar-refractivity contribution in [2.75, 3.05) is 12.5 Å². The van der Waals surface area contributed by atoms with Crippen LogP contribution in [0.25, 0.3) is 11.0 Å². The quantitative estimate of drug-likeness (QED) is 0.805. The molecular weight excluding hydrogens is 272 g/mol. The molecule has 1 saturated heterocycles. The van der Waals surface area contributed by atoms with Crippen molar-refractivity contribution < 1.29 is 4.74 Å². The molecule has 1 saturated carbocycles. The van der Waals surface area contributed by atoms with Crippen LogP contribution in [0.5, 0.6) is 0 Å². The van der Waals surface area contributed by atoms with Crippen molar-refractivity contribution in [1.29, 1.82) is 0 Å². The van der Waals surface area contributed by atoms with Gasteiger partial charge in [-0.25, -0.2) is 4.98 Å². The predicted molar refractivity (Wildman–Crippen MR) is 80.3 cm³/mol. The van der Waals surface area contributed by atoms with Crippen molar-refractivity contribution in [3.8, 4) is 0 Å². The Labute approximate surface area is 123 Å². The molecule has 0 N–H and O–H groups in total. The van der Waals surface area contributed by atoms with Gasteiger partial charge < -0.3 is 9.30 Å². The van der Waals surface area contributed by atoms with Gasteiger partial charge in [-0.15, -0.1) is 11.6 Å². The van der Waals surface area contributed by atoms with Crippen LogP contribution in [0.3, 0.4) is 0 Å². The molecule has 2 aliphatic rings. The lowest BCUT2D eigenvalue weighted by atomic mass is 10.1. The van der Waals surface area contributed by atoms with Gasteiger partial charge in [0, 0.05) is 18.9 Å². The van der Waals surface area contributed by atoms with Crippen LogP contribution in [0, 0.1) is 5.92 Å². The summed E-state index contributed by atoms with van der Waals surface area (Å²) in [6.45, 7) is 0.874. The van der Waals surface area contributed by atoms with Crippen molar-refractivity contribution in [2.45, 2.75) is 37.8 Å². The van der Waals surface area contributed by atoms with Gasteiger partial charge in [0.25, 0.3) is 0 Å². The van der Waals surface area contributed by atoms with E-state index in [9.17, 15) is 0 Å². The molecule has 0 bridgehead atoms. The summed E-state index contributed by atoms with van der Waals surface area (Å²) >= 11 is 5.97. The molecule has 1 aliphatic carbocycles. The second-order valence-corrected chi connectivity index (χ2v) is 6.23. The van der Waals surface area contributed by atoms with E-state index in [1.807, 2.05) is 6.07 Å². The molecule has 2 atom stereocenters. The molecule has 0 amide bonds. The van der Waals surface area contributed by atoms with Crippen LogP contribution in [0.15, 0.2) is 24.3 Å². The van der Waals surface area contributed by atoms with Crippen LogP contribution in [0.2, 0.25) is 0 Å². The van der Waals surface area contributed by atoms with Crippen LogP contribution in [0.4, 0.5) is 0 Å². The smallest absolute Gasteiger partial charge is 0.111 e. The largest absolute Gasteiger partial charge is 0.376 e. The lowest BCUT2D eigenvalue weighted by Gasteiger charge is -2.22. The molecule has 4 heteroatoms. The van der Waals surface area contributed by atoms with Crippen molar-refractivity contribution in [3.63, 3.8) is 0 Å². The maximum Gasteiger partial charge on any atom is 0.111 e. The third kappa shape index (κ3) is 2.04. The summed E-state index contributed by atoms with van der Waals surface area (Å²) in [6.07, 6.45) is 4.93. The predicted octanol–water partition coefficient (Wildman–Crippen LogP) is 3.56. The number of imidazole rings is 1. The minimum Gasteiger partial charge on any atom is -0.376 e. The van der Waals surface area contributed by atoms with Crippen LogP contribution in [0.1, 0.15) is 31.1 Å². The number of halogens is 1. The van der Waals surface area contributed by atoms with E-state index in [4.69, 9.17) is 21.3 Å². The third-order valence-corrected chi connectivity index (χ3v) is 4.70. The molecule has 2 heterocycles. The van der Waals surface area contributed by atoms with Crippen molar-refractivity contribution in [1.82, 2.24) is 9.55 Å². The fourth-order valence-corrected chi connectivity index (χ4v) is 3.65. The standard InChI is InChI=1S/C16H19ClN2O/c17-9-7-15-18-12-3-1-2-4-13(12)19(15)14-8-10-20-16(14)11-5-6-11/h1-4,11,14,16H,5-10H2. The lowest BCUT2D eigenvalue weighted by molar-refractivity contribution is 0.0753. The summed E-state index contributed by atoms with van der Waals surface area (Å²) in [5.74, 6) is 2.49. The van der Waals surface area contributed by atoms with Gasteiger partial charge >= 0.3 is 0 Å². The van der Waals surface area contributed by atoms with Gasteiger partial charge in [0.05, 0.1) is 23.2 Å². The van der Waals surface area contributed by atoms with Gasteiger partial charge in [0.2, 0.25) is 0 Å². The number of rotatable bonds is 4. The Morgan fingerprint density at radius 2 is 2.10 bits per heavy atom. The molecule has 0 spiro atoms. The molecule has 0 radical (unpaired) electrons. The first-order chi connectivity index (χ1) is 9.88. The van der Waals surface area contributed by atoms with E-state index in [-0.39, 0.29) is 0 Å². The molecule has 2 aromatic rings. The zero-order valence-electron chi connectivity index (χ0n) is 11.5. The minimum absolute atomic E-state index is 0.377. The highest BCUT2D eigenvalue weighted by Crippen LogP contribution is 2.44. The summed E-state index contributed by atoms with van der Waals surface area (Å²) in [5.41, 5.74) is 2.31. The summed E-state index contributed by atoms with van der Waals surface area (Å²) in [6, 6.07) is 8.84. The van der Waals surface area contributed by atoms with Crippen LogP contribution in [-0.2, 0) is 11.2 Å². The highest BCUT2D eigenvalue weighted by atomic mass is 35.5. The van der Waals surface area contributed by atoms with Gasteiger partial charge in [-0.2, -0.15) is 0 Å². The summed E-state index contributed by atoms with van der Waals surface area (Å²) < 4.78 is 8.42. The first-order valence-corrected chi connectivity index (χ1v) is 8.05. The topological polar surface area (TPSA) is 27.1 Å². The first-order valence-electron chi connectivity index (χ1n) is 7.52. The van der Waals surface area contributed by atoms with E-state index in [0.29, 0.717) is 18.0 Å². The Morgan fingerprint density at radius 3 is 2.90 bits per heavy atom. The lowest BCUT2D eigenvalue weighted by Crippen LogP contribution is -2.23. The van der Waals surface area contributed by atoms with Gasteiger partial charge in [-0.05, 0) is 37.3 Å². The summed E-state index contributed by atoms with van der Waals surface area (Å²) in [7, 11) is 0. The number of aryl methyl sites for hydroxylation is 1. The Bertz CT molecular complexity index is 620. The number of ether oxygens (including phenoxy) is 1. The molecule has 20 heavy (non-hydrogen) atoms. The average Bonchev–Trinajstić information content (AvgIpc) is 3.08. The Kier molecular flexibility index (Phi) is 3.20. The number of para-hydroxylation sites is 2. The van der Waals surface area contributed by atoms with E-state index in [2.05, 4.69) is 22.8 Å². The van der Waals surface area contributed by atoms with E-state index < -0.39 is 0 Å².